The maximum atomic E-state index is 11.4. The minimum Gasteiger partial charge on any atom is -0.481 e. The van der Waals surface area contributed by atoms with Gasteiger partial charge in [0.25, 0.3) is 0 Å². The molecular weight excluding hydrogens is 308 g/mol. The Morgan fingerprint density at radius 3 is 2.79 bits per heavy atom. The summed E-state index contributed by atoms with van der Waals surface area (Å²) >= 11 is 3.43. The van der Waals surface area contributed by atoms with Gasteiger partial charge >= 0.3 is 5.97 Å². The molecule has 0 atom stereocenters. The van der Waals surface area contributed by atoms with E-state index in [4.69, 9.17) is 0 Å². The molecule has 0 bridgehead atoms. The molecule has 19 heavy (non-hydrogen) atoms. The lowest BCUT2D eigenvalue weighted by Crippen LogP contribution is -2.42. The number of nitrogens with zero attached hydrogens (tertiary/aromatic N) is 2. The van der Waals surface area contributed by atoms with Crippen LogP contribution in [0.4, 0.5) is 0 Å². The fourth-order valence-electron chi connectivity index (χ4n) is 2.46. The molecule has 1 aliphatic rings. The number of benzene rings is 1. The standard InChI is InChI=1S/C14H13BrN2O2/c15-10-3-1-4-11(7-10)17-8-12(16-9-17)14(13(18)19)5-2-6-14/h1,3-4,7-9H,2,5-6H2,(H,18,19). The molecule has 0 radical (unpaired) electrons. The van der Waals surface area contributed by atoms with E-state index in [9.17, 15) is 9.90 Å². The van der Waals surface area contributed by atoms with Crippen LogP contribution in [0.1, 0.15) is 25.0 Å². The molecule has 2 aromatic rings. The first-order valence-electron chi connectivity index (χ1n) is 6.16. The smallest absolute Gasteiger partial charge is 0.315 e. The number of carbonyl (C=O) groups is 1. The van der Waals surface area contributed by atoms with Gasteiger partial charge in [-0.2, -0.15) is 0 Å². The predicted molar refractivity (Wildman–Crippen MR) is 74.4 cm³/mol. The zero-order chi connectivity index (χ0) is 13.5. The molecule has 0 spiro atoms. The molecule has 0 aliphatic heterocycles. The first-order valence-corrected chi connectivity index (χ1v) is 6.95. The van der Waals surface area contributed by atoms with E-state index >= 15 is 0 Å². The fourth-order valence-corrected chi connectivity index (χ4v) is 2.84. The van der Waals surface area contributed by atoms with Crippen LogP contribution in [0.25, 0.3) is 5.69 Å². The van der Waals surface area contributed by atoms with Gasteiger partial charge in [0.15, 0.2) is 0 Å². The first-order chi connectivity index (χ1) is 9.12. The number of halogens is 1. The lowest BCUT2D eigenvalue weighted by Gasteiger charge is -2.35. The van der Waals surface area contributed by atoms with Crippen molar-refractivity contribution < 1.29 is 9.90 Å². The summed E-state index contributed by atoms with van der Waals surface area (Å²) in [7, 11) is 0. The summed E-state index contributed by atoms with van der Waals surface area (Å²) in [5.41, 5.74) is 0.858. The highest BCUT2D eigenvalue weighted by Gasteiger charge is 2.47. The number of aliphatic carboxylic acids is 1. The number of hydrogen-bond donors (Lipinski definition) is 1. The van der Waals surface area contributed by atoms with Crippen LogP contribution in [-0.4, -0.2) is 20.6 Å². The van der Waals surface area contributed by atoms with Gasteiger partial charge in [0.1, 0.15) is 5.41 Å². The Balaban J connectivity index is 1.98. The normalized spacial score (nSPS) is 16.9. The maximum Gasteiger partial charge on any atom is 0.315 e. The van der Waals surface area contributed by atoms with Gasteiger partial charge in [-0.1, -0.05) is 28.4 Å². The predicted octanol–water partition coefficient (Wildman–Crippen LogP) is 3.14. The molecule has 5 heteroatoms. The van der Waals surface area contributed by atoms with E-state index in [1.165, 1.54) is 0 Å². The molecular formula is C14H13BrN2O2. The minimum absolute atomic E-state index is 0.659. The molecule has 1 aromatic carbocycles. The third kappa shape index (κ3) is 1.98. The Morgan fingerprint density at radius 1 is 1.42 bits per heavy atom. The summed E-state index contributed by atoms with van der Waals surface area (Å²) in [4.78, 5) is 15.8. The Morgan fingerprint density at radius 2 is 2.21 bits per heavy atom. The number of hydrogen-bond acceptors (Lipinski definition) is 2. The lowest BCUT2D eigenvalue weighted by atomic mass is 9.67. The lowest BCUT2D eigenvalue weighted by molar-refractivity contribution is -0.147. The van der Waals surface area contributed by atoms with E-state index in [0.29, 0.717) is 18.5 Å². The average Bonchev–Trinajstić information content (AvgIpc) is 2.76. The summed E-state index contributed by atoms with van der Waals surface area (Å²) in [6.45, 7) is 0. The molecule has 4 nitrogen and oxygen atoms in total. The van der Waals surface area contributed by atoms with E-state index in [1.54, 1.807) is 6.33 Å². The largest absolute Gasteiger partial charge is 0.481 e. The summed E-state index contributed by atoms with van der Waals surface area (Å²) in [5, 5.41) is 9.40. The highest BCUT2D eigenvalue weighted by molar-refractivity contribution is 9.10. The maximum absolute atomic E-state index is 11.4. The average molecular weight is 321 g/mol. The summed E-state index contributed by atoms with van der Waals surface area (Å²) in [5.74, 6) is -0.766. The molecule has 1 N–H and O–H groups in total. The molecule has 1 heterocycles. The monoisotopic (exact) mass is 320 g/mol. The Hall–Kier alpha value is -1.62. The van der Waals surface area contributed by atoms with Crippen LogP contribution >= 0.6 is 15.9 Å². The Labute approximate surface area is 119 Å². The van der Waals surface area contributed by atoms with Gasteiger partial charge in [-0.3, -0.25) is 4.79 Å². The van der Waals surface area contributed by atoms with Crippen molar-refractivity contribution >= 4 is 21.9 Å². The SMILES string of the molecule is O=C(O)C1(c2cn(-c3cccc(Br)c3)cn2)CCC1. The van der Waals surface area contributed by atoms with Crippen molar-refractivity contribution in [1.82, 2.24) is 9.55 Å². The first kappa shape index (κ1) is 12.4. The van der Waals surface area contributed by atoms with E-state index < -0.39 is 11.4 Å². The highest BCUT2D eigenvalue weighted by Crippen LogP contribution is 2.43. The second kappa shape index (κ2) is 4.49. The van der Waals surface area contributed by atoms with Crippen molar-refractivity contribution in [2.75, 3.05) is 0 Å². The van der Waals surface area contributed by atoms with Crippen molar-refractivity contribution in [3.8, 4) is 5.69 Å². The van der Waals surface area contributed by atoms with E-state index in [0.717, 1.165) is 16.6 Å². The summed E-state index contributed by atoms with van der Waals surface area (Å²) in [6, 6.07) is 7.82. The summed E-state index contributed by atoms with van der Waals surface area (Å²) < 4.78 is 2.85. The van der Waals surface area contributed by atoms with Crippen LogP contribution in [0, 0.1) is 0 Å². The van der Waals surface area contributed by atoms with Gasteiger partial charge in [0.05, 0.1) is 12.0 Å². The number of rotatable bonds is 3. The van der Waals surface area contributed by atoms with Gasteiger partial charge in [-0.15, -0.1) is 0 Å². The summed E-state index contributed by atoms with van der Waals surface area (Å²) in [6.07, 6.45) is 5.82. The zero-order valence-electron chi connectivity index (χ0n) is 10.2. The third-order valence-electron chi connectivity index (χ3n) is 3.80. The van der Waals surface area contributed by atoms with Crippen molar-refractivity contribution in [2.45, 2.75) is 24.7 Å². The topological polar surface area (TPSA) is 55.1 Å². The van der Waals surface area contributed by atoms with Crippen molar-refractivity contribution in [3.63, 3.8) is 0 Å². The van der Waals surface area contributed by atoms with E-state index in [-0.39, 0.29) is 0 Å². The van der Waals surface area contributed by atoms with Crippen molar-refractivity contribution in [1.29, 1.82) is 0 Å². The molecule has 1 aromatic heterocycles. The molecule has 1 fully saturated rings. The number of imidazole rings is 1. The minimum atomic E-state index is -0.767. The molecule has 98 valence electrons. The van der Waals surface area contributed by atoms with Gasteiger partial charge in [-0.05, 0) is 31.0 Å². The van der Waals surface area contributed by atoms with Crippen LogP contribution < -0.4 is 0 Å². The molecule has 1 saturated carbocycles. The van der Waals surface area contributed by atoms with E-state index in [2.05, 4.69) is 20.9 Å². The molecule has 1 aliphatic carbocycles. The molecule has 0 unspecified atom stereocenters. The van der Waals surface area contributed by atoms with Crippen LogP contribution in [0.2, 0.25) is 0 Å². The Bertz CT molecular complexity index is 632. The van der Waals surface area contributed by atoms with Gasteiger partial charge in [0, 0.05) is 16.4 Å². The second-order valence-corrected chi connectivity index (χ2v) is 5.80. The van der Waals surface area contributed by atoms with E-state index in [1.807, 2.05) is 35.0 Å². The quantitative estimate of drug-likeness (QED) is 0.945. The fraction of sp³-hybridized carbons (Fsp3) is 0.286. The molecule has 0 saturated heterocycles. The molecule has 3 rings (SSSR count). The number of carboxylic acid groups (broad SMARTS) is 1. The van der Waals surface area contributed by atoms with Gasteiger partial charge in [0.2, 0.25) is 0 Å². The third-order valence-corrected chi connectivity index (χ3v) is 4.29. The van der Waals surface area contributed by atoms with Crippen LogP contribution in [-0.2, 0) is 10.2 Å². The number of aromatic nitrogens is 2. The van der Waals surface area contributed by atoms with Crippen molar-refractivity contribution in [3.05, 3.63) is 47.0 Å². The van der Waals surface area contributed by atoms with Crippen LogP contribution in [0.3, 0.4) is 0 Å². The zero-order valence-corrected chi connectivity index (χ0v) is 11.8. The Kier molecular flexibility index (Phi) is 2.93. The van der Waals surface area contributed by atoms with Crippen LogP contribution in [0.15, 0.2) is 41.3 Å². The van der Waals surface area contributed by atoms with Gasteiger partial charge in [-0.25, -0.2) is 4.98 Å². The van der Waals surface area contributed by atoms with Crippen LogP contribution in [0.5, 0.6) is 0 Å². The van der Waals surface area contributed by atoms with Gasteiger partial charge < -0.3 is 9.67 Å². The second-order valence-electron chi connectivity index (χ2n) is 4.89. The number of carboxylic acids is 1. The highest BCUT2D eigenvalue weighted by atomic mass is 79.9. The molecule has 0 amide bonds. The van der Waals surface area contributed by atoms with Crippen molar-refractivity contribution in [2.24, 2.45) is 0 Å².